The van der Waals surface area contributed by atoms with Gasteiger partial charge >= 0.3 is 16.5 Å². The topological polar surface area (TPSA) is 24.7 Å². The van der Waals surface area contributed by atoms with Gasteiger partial charge < -0.3 is 25.3 Å². The van der Waals surface area contributed by atoms with Crippen LogP contribution in [0, 0.1) is 0 Å². The van der Waals surface area contributed by atoms with Crippen molar-refractivity contribution in [3.8, 4) is 0 Å². The van der Waals surface area contributed by atoms with E-state index in [1.54, 1.807) is 12.4 Å². The molecule has 0 aliphatic rings. The Morgan fingerprint density at radius 3 is 1.11 bits per heavy atom. The van der Waals surface area contributed by atoms with Gasteiger partial charge in [-0.25, -0.2) is 0 Å². The molecule has 0 spiro atoms. The van der Waals surface area contributed by atoms with Crippen molar-refractivity contribution < 1.29 is 16.5 Å². The fourth-order valence-electron chi connectivity index (χ4n) is 3.12. The van der Waals surface area contributed by atoms with Crippen LogP contribution in [-0.4, -0.2) is 12.4 Å². The second kappa shape index (κ2) is 18.0. The summed E-state index contributed by atoms with van der Waals surface area (Å²) in [7, 11) is 0. The van der Waals surface area contributed by atoms with Crippen molar-refractivity contribution in [1.29, 1.82) is 0 Å². The summed E-state index contributed by atoms with van der Waals surface area (Å²) in [5, 5.41) is 0. The largest absolute Gasteiger partial charge is 2.00 e. The molecule has 188 valence electrons. The second-order valence-corrected chi connectivity index (χ2v) is 8.62. The minimum Gasteiger partial charge on any atom is -0.779 e. The van der Waals surface area contributed by atoms with Gasteiger partial charge in [0, 0.05) is 12.4 Å². The van der Waals surface area contributed by atoms with E-state index in [9.17, 15) is 0 Å². The van der Waals surface area contributed by atoms with E-state index in [2.05, 4.69) is 34.3 Å². The molecule has 0 atom stereocenters. The molecule has 0 saturated heterocycles. The summed E-state index contributed by atoms with van der Waals surface area (Å²) >= 11 is 10.6. The molecule has 0 aromatic heterocycles. The Labute approximate surface area is 241 Å². The summed E-state index contributed by atoms with van der Waals surface area (Å²) < 4.78 is 0. The van der Waals surface area contributed by atoms with Gasteiger partial charge in [-0.2, -0.15) is 9.81 Å². The molecular weight excluding hydrogens is 535 g/mol. The SMILES string of the molecule is [Ni+2].[S-]/C(=C\C=NCc1ccccc1)c1ccccc1.[S-]/C(=C\C=NCc1ccccc1)c1ccccc1. The first-order valence-electron chi connectivity index (χ1n) is 11.7. The third-order valence-electron chi connectivity index (χ3n) is 5.01. The number of nitrogens with zero attached hydrogens (tertiary/aromatic N) is 2. The Balaban J connectivity index is 0.000000253. The molecule has 4 aromatic rings. The summed E-state index contributed by atoms with van der Waals surface area (Å²) in [6.45, 7) is 1.38. The molecule has 0 unspecified atom stereocenters. The smallest absolute Gasteiger partial charge is 0.779 e. The Bertz CT molecular complexity index is 1170. The molecule has 5 heteroatoms. The molecule has 0 N–H and O–H groups in total. The molecule has 0 bridgehead atoms. The first-order valence-corrected chi connectivity index (χ1v) is 12.5. The van der Waals surface area contributed by atoms with Crippen molar-refractivity contribution in [2.24, 2.45) is 9.98 Å². The Kier molecular flexibility index (Phi) is 14.5. The van der Waals surface area contributed by atoms with Gasteiger partial charge in [0.15, 0.2) is 0 Å². The van der Waals surface area contributed by atoms with E-state index in [0.717, 1.165) is 20.9 Å². The molecule has 0 radical (unpaired) electrons. The number of aliphatic imine (C=N–C) groups is 2. The van der Waals surface area contributed by atoms with Gasteiger partial charge in [0.2, 0.25) is 0 Å². The Hall–Kier alpha value is -3.37. The minimum atomic E-state index is 0. The zero-order chi connectivity index (χ0) is 25.3. The average Bonchev–Trinajstić information content (AvgIpc) is 2.95. The maximum absolute atomic E-state index is 5.30. The summed E-state index contributed by atoms with van der Waals surface area (Å²) in [6.07, 6.45) is 7.30. The van der Waals surface area contributed by atoms with Gasteiger partial charge in [-0.05, 0) is 22.3 Å². The van der Waals surface area contributed by atoms with Crippen molar-refractivity contribution in [3.63, 3.8) is 0 Å². The number of hydrogen-bond donors (Lipinski definition) is 0. The summed E-state index contributed by atoms with van der Waals surface area (Å²) in [4.78, 5) is 10.3. The first kappa shape index (κ1) is 29.9. The number of allylic oxidation sites excluding steroid dienone is 2. The molecular formula is C32H28N2NiS2. The number of hydrogen-bond acceptors (Lipinski definition) is 4. The normalized spacial score (nSPS) is 11.6. The molecule has 2 nitrogen and oxygen atoms in total. The molecule has 37 heavy (non-hydrogen) atoms. The van der Waals surface area contributed by atoms with Gasteiger partial charge in [0.25, 0.3) is 0 Å². The van der Waals surface area contributed by atoms with E-state index in [1.165, 1.54) is 11.1 Å². The van der Waals surface area contributed by atoms with Gasteiger partial charge in [-0.3, -0.25) is 9.98 Å². The van der Waals surface area contributed by atoms with Crippen LogP contribution < -0.4 is 0 Å². The molecule has 4 aromatic carbocycles. The van der Waals surface area contributed by atoms with Crippen LogP contribution in [0.3, 0.4) is 0 Å². The fourth-order valence-corrected chi connectivity index (χ4v) is 3.52. The molecule has 0 aliphatic heterocycles. The van der Waals surface area contributed by atoms with Crippen LogP contribution in [0.15, 0.2) is 143 Å². The monoisotopic (exact) mass is 562 g/mol. The van der Waals surface area contributed by atoms with Crippen molar-refractivity contribution in [1.82, 2.24) is 0 Å². The molecule has 0 saturated carbocycles. The molecule has 4 rings (SSSR count). The quantitative estimate of drug-likeness (QED) is 0.125. The van der Waals surface area contributed by atoms with Crippen LogP contribution in [0.2, 0.25) is 0 Å². The molecule has 0 aliphatic carbocycles. The molecule has 0 amide bonds. The van der Waals surface area contributed by atoms with E-state index in [0.29, 0.717) is 13.1 Å². The third-order valence-corrected chi connectivity index (χ3v) is 5.76. The minimum absolute atomic E-state index is 0. The second-order valence-electron chi connectivity index (χ2n) is 7.74. The van der Waals surface area contributed by atoms with Crippen LogP contribution in [0.5, 0.6) is 0 Å². The van der Waals surface area contributed by atoms with E-state index >= 15 is 0 Å². The van der Waals surface area contributed by atoms with Crippen molar-refractivity contribution in [2.45, 2.75) is 13.1 Å². The average molecular weight is 563 g/mol. The zero-order valence-corrected chi connectivity index (χ0v) is 22.9. The summed E-state index contributed by atoms with van der Waals surface area (Å²) in [5.41, 5.74) is 4.51. The van der Waals surface area contributed by atoms with Crippen LogP contribution >= 0.6 is 0 Å². The van der Waals surface area contributed by atoms with Gasteiger partial charge in [-0.1, -0.05) is 133 Å². The number of rotatable bonds is 8. The summed E-state index contributed by atoms with van der Waals surface area (Å²) in [6, 6.07) is 40.2. The van der Waals surface area contributed by atoms with Crippen LogP contribution in [0.25, 0.3) is 9.81 Å². The number of benzene rings is 4. The predicted molar refractivity (Wildman–Crippen MR) is 161 cm³/mol. The van der Waals surface area contributed by atoms with Crippen LogP contribution in [0.1, 0.15) is 22.3 Å². The maximum atomic E-state index is 5.30. The zero-order valence-electron chi connectivity index (χ0n) is 20.3. The van der Waals surface area contributed by atoms with E-state index < -0.39 is 0 Å². The van der Waals surface area contributed by atoms with E-state index in [4.69, 9.17) is 25.3 Å². The van der Waals surface area contributed by atoms with Crippen molar-refractivity contribution in [2.75, 3.05) is 0 Å². The van der Waals surface area contributed by atoms with Crippen LogP contribution in [0.4, 0.5) is 0 Å². The summed E-state index contributed by atoms with van der Waals surface area (Å²) in [5.74, 6) is 0. The van der Waals surface area contributed by atoms with E-state index in [1.807, 2.05) is 109 Å². The van der Waals surface area contributed by atoms with Gasteiger partial charge in [0.1, 0.15) is 0 Å². The van der Waals surface area contributed by atoms with Crippen molar-refractivity contribution in [3.05, 3.63) is 156 Å². The third kappa shape index (κ3) is 11.9. The van der Waals surface area contributed by atoms with Crippen molar-refractivity contribution >= 4 is 47.5 Å². The fraction of sp³-hybridized carbons (Fsp3) is 0.0625. The Morgan fingerprint density at radius 1 is 0.486 bits per heavy atom. The van der Waals surface area contributed by atoms with Gasteiger partial charge in [-0.15, -0.1) is 0 Å². The Morgan fingerprint density at radius 2 is 0.784 bits per heavy atom. The van der Waals surface area contributed by atoms with Gasteiger partial charge in [0.05, 0.1) is 13.1 Å². The van der Waals surface area contributed by atoms with E-state index in [-0.39, 0.29) is 16.5 Å². The maximum Gasteiger partial charge on any atom is 2.00 e. The molecule has 0 fully saturated rings. The standard InChI is InChI=1S/2C16H15NS.Ni/c2*18-16(15-9-5-2-6-10-15)11-12-17-13-14-7-3-1-4-8-14;/h2*1-12,18H,13H2;/q;;+2/p-2/b2*16-11-,17-12?;. The first-order chi connectivity index (χ1) is 17.7. The molecule has 0 heterocycles. The van der Waals surface area contributed by atoms with Crippen LogP contribution in [-0.2, 0) is 54.8 Å². The predicted octanol–water partition coefficient (Wildman–Crippen LogP) is 7.69.